The summed E-state index contributed by atoms with van der Waals surface area (Å²) in [5.41, 5.74) is 3.64. The first-order valence-corrected chi connectivity index (χ1v) is 8.21. The molecule has 0 spiro atoms. The first-order valence-electron chi connectivity index (χ1n) is 8.21. The fourth-order valence-electron chi connectivity index (χ4n) is 2.46. The molecule has 2 aromatic carbocycles. The number of nitro groups is 1. The molecule has 0 radical (unpaired) electrons. The highest BCUT2D eigenvalue weighted by Gasteiger charge is 2.13. The maximum absolute atomic E-state index is 12.1. The zero-order valence-electron chi connectivity index (χ0n) is 15.6. The van der Waals surface area contributed by atoms with E-state index in [-0.39, 0.29) is 18.1 Å². The topological polar surface area (TPSA) is 87.9 Å². The predicted molar refractivity (Wildman–Crippen MR) is 101 cm³/mol. The van der Waals surface area contributed by atoms with Gasteiger partial charge in [0, 0.05) is 6.08 Å². The molecule has 0 aliphatic rings. The first-order chi connectivity index (χ1) is 12.8. The summed E-state index contributed by atoms with van der Waals surface area (Å²) >= 11 is 0. The molecule has 27 heavy (non-hydrogen) atoms. The summed E-state index contributed by atoms with van der Waals surface area (Å²) in [5.74, 6) is 0.551. The van der Waals surface area contributed by atoms with E-state index in [0.717, 1.165) is 22.9 Å². The summed E-state index contributed by atoms with van der Waals surface area (Å²) in [7, 11) is 1.42. The lowest BCUT2D eigenvalue weighted by Crippen LogP contribution is -2.18. The van der Waals surface area contributed by atoms with Gasteiger partial charge in [-0.1, -0.05) is 12.1 Å². The highest BCUT2D eigenvalue weighted by atomic mass is 16.6. The van der Waals surface area contributed by atoms with Gasteiger partial charge in [-0.05, 0) is 61.2 Å². The quantitative estimate of drug-likeness (QED) is 0.318. The second kappa shape index (κ2) is 8.84. The number of hydrogen-bond donors (Lipinski definition) is 0. The zero-order valence-corrected chi connectivity index (χ0v) is 15.6. The van der Waals surface area contributed by atoms with Crippen molar-refractivity contribution in [1.82, 2.24) is 0 Å². The zero-order chi connectivity index (χ0) is 20.0. The minimum atomic E-state index is -0.583. The SMILES string of the molecule is COc1cc(/C=C/[N+](=O)[O-])ccc1OC(=O)COc1cc(C)cc(C)c1C. The van der Waals surface area contributed by atoms with Crippen molar-refractivity contribution in [3.8, 4) is 17.2 Å². The van der Waals surface area contributed by atoms with Crippen LogP contribution in [0.15, 0.2) is 36.5 Å². The Labute approximate surface area is 157 Å². The average molecular weight is 371 g/mol. The maximum Gasteiger partial charge on any atom is 0.349 e. The first kappa shape index (κ1) is 20.0. The number of carbonyl (C=O) groups excluding carboxylic acids is 1. The molecule has 0 aliphatic carbocycles. The highest BCUT2D eigenvalue weighted by molar-refractivity contribution is 5.75. The Bertz CT molecular complexity index is 888. The van der Waals surface area contributed by atoms with Crippen molar-refractivity contribution in [3.05, 3.63) is 68.9 Å². The van der Waals surface area contributed by atoms with Crippen molar-refractivity contribution < 1.29 is 23.9 Å². The van der Waals surface area contributed by atoms with Crippen LogP contribution in [0, 0.1) is 30.9 Å². The molecule has 0 unspecified atom stereocenters. The van der Waals surface area contributed by atoms with Crippen LogP contribution in [0.2, 0.25) is 0 Å². The molecular weight excluding hydrogens is 350 g/mol. The fraction of sp³-hybridized carbons (Fsp3) is 0.250. The largest absolute Gasteiger partial charge is 0.493 e. The van der Waals surface area contributed by atoms with E-state index in [0.29, 0.717) is 11.3 Å². The van der Waals surface area contributed by atoms with Gasteiger partial charge in [-0.25, -0.2) is 4.79 Å². The molecular formula is C20H21NO6. The average Bonchev–Trinajstić information content (AvgIpc) is 2.62. The fourth-order valence-corrected chi connectivity index (χ4v) is 2.46. The molecule has 7 nitrogen and oxygen atoms in total. The third-order valence-electron chi connectivity index (χ3n) is 3.91. The molecule has 0 amide bonds. The van der Waals surface area contributed by atoms with E-state index in [1.54, 1.807) is 6.07 Å². The van der Waals surface area contributed by atoms with Crippen molar-refractivity contribution >= 4 is 12.0 Å². The number of rotatable bonds is 7. The third kappa shape index (κ3) is 5.57. The summed E-state index contributed by atoms with van der Waals surface area (Å²) in [6.45, 7) is 5.61. The van der Waals surface area contributed by atoms with Crippen molar-refractivity contribution in [2.45, 2.75) is 20.8 Å². The third-order valence-corrected chi connectivity index (χ3v) is 3.91. The van der Waals surface area contributed by atoms with Gasteiger partial charge in [0.05, 0.1) is 12.0 Å². The number of ether oxygens (including phenoxy) is 3. The minimum Gasteiger partial charge on any atom is -0.493 e. The van der Waals surface area contributed by atoms with Gasteiger partial charge in [-0.3, -0.25) is 10.1 Å². The summed E-state index contributed by atoms with van der Waals surface area (Å²) in [4.78, 5) is 22.0. The van der Waals surface area contributed by atoms with E-state index in [1.807, 2.05) is 32.9 Å². The Hall–Kier alpha value is -3.35. The molecule has 0 fully saturated rings. The molecule has 2 rings (SSSR count). The number of esters is 1. The number of methoxy groups -OCH3 is 1. The van der Waals surface area contributed by atoms with Crippen LogP contribution in [0.4, 0.5) is 0 Å². The minimum absolute atomic E-state index is 0.210. The summed E-state index contributed by atoms with van der Waals surface area (Å²) in [6, 6.07) is 8.54. The van der Waals surface area contributed by atoms with E-state index < -0.39 is 10.9 Å². The van der Waals surface area contributed by atoms with E-state index in [9.17, 15) is 14.9 Å². The number of aryl methyl sites for hydroxylation is 2. The van der Waals surface area contributed by atoms with Crippen LogP contribution >= 0.6 is 0 Å². The van der Waals surface area contributed by atoms with E-state index in [4.69, 9.17) is 14.2 Å². The summed E-state index contributed by atoms with van der Waals surface area (Å²) in [5, 5.41) is 10.4. The normalized spacial score (nSPS) is 10.7. The van der Waals surface area contributed by atoms with Gasteiger partial charge in [0.25, 0.3) is 0 Å². The highest BCUT2D eigenvalue weighted by Crippen LogP contribution is 2.29. The Balaban J connectivity index is 2.06. The van der Waals surface area contributed by atoms with E-state index in [1.165, 1.54) is 25.3 Å². The Kier molecular flexibility index (Phi) is 6.54. The van der Waals surface area contributed by atoms with Gasteiger partial charge >= 0.3 is 5.97 Å². The lowest BCUT2D eigenvalue weighted by Gasteiger charge is -2.13. The Morgan fingerprint density at radius 1 is 1.11 bits per heavy atom. The molecule has 0 heterocycles. The van der Waals surface area contributed by atoms with E-state index in [2.05, 4.69) is 0 Å². The number of benzene rings is 2. The number of nitrogens with zero attached hydrogens (tertiary/aromatic N) is 1. The predicted octanol–water partition coefficient (Wildman–Crippen LogP) is 3.85. The monoisotopic (exact) mass is 371 g/mol. The molecule has 142 valence electrons. The smallest absolute Gasteiger partial charge is 0.349 e. The molecule has 0 aliphatic heterocycles. The van der Waals surface area contributed by atoms with Crippen molar-refractivity contribution in [2.75, 3.05) is 13.7 Å². The van der Waals surface area contributed by atoms with Crippen molar-refractivity contribution in [1.29, 1.82) is 0 Å². The molecule has 2 aromatic rings. The van der Waals surface area contributed by atoms with Crippen LogP contribution in [0.25, 0.3) is 6.08 Å². The molecule has 0 saturated carbocycles. The molecule has 0 saturated heterocycles. The number of hydrogen-bond acceptors (Lipinski definition) is 6. The van der Waals surface area contributed by atoms with E-state index >= 15 is 0 Å². The Morgan fingerprint density at radius 2 is 1.85 bits per heavy atom. The van der Waals surface area contributed by atoms with Crippen LogP contribution < -0.4 is 14.2 Å². The molecule has 0 bridgehead atoms. The molecule has 0 atom stereocenters. The Morgan fingerprint density at radius 3 is 2.52 bits per heavy atom. The van der Waals surface area contributed by atoms with Crippen LogP contribution in [0.1, 0.15) is 22.3 Å². The summed E-state index contributed by atoms with van der Waals surface area (Å²) in [6.07, 6.45) is 2.14. The van der Waals surface area contributed by atoms with Gasteiger partial charge < -0.3 is 14.2 Å². The van der Waals surface area contributed by atoms with Gasteiger partial charge in [-0.2, -0.15) is 0 Å². The lowest BCUT2D eigenvalue weighted by molar-refractivity contribution is -0.400. The van der Waals surface area contributed by atoms with Crippen LogP contribution in [-0.4, -0.2) is 24.6 Å². The van der Waals surface area contributed by atoms with Crippen molar-refractivity contribution in [3.63, 3.8) is 0 Å². The second-order valence-electron chi connectivity index (χ2n) is 5.98. The van der Waals surface area contributed by atoms with Crippen LogP contribution in [0.5, 0.6) is 17.2 Å². The molecule has 0 N–H and O–H groups in total. The molecule has 0 aromatic heterocycles. The summed E-state index contributed by atoms with van der Waals surface area (Å²) < 4.78 is 16.1. The maximum atomic E-state index is 12.1. The molecule has 7 heteroatoms. The second-order valence-corrected chi connectivity index (χ2v) is 5.98. The standard InChI is InChI=1S/C20H21NO6/c1-13-9-14(2)15(3)18(10-13)26-12-20(22)27-17-6-5-16(7-8-21(23)24)11-19(17)25-4/h5-11H,12H2,1-4H3/b8-7+. The van der Waals surface area contributed by atoms with Gasteiger partial charge in [0.15, 0.2) is 18.1 Å². The van der Waals surface area contributed by atoms with Gasteiger partial charge in [0.1, 0.15) is 5.75 Å². The van der Waals surface area contributed by atoms with Crippen molar-refractivity contribution in [2.24, 2.45) is 0 Å². The lowest BCUT2D eigenvalue weighted by atomic mass is 10.1. The number of carbonyl (C=O) groups is 1. The van der Waals surface area contributed by atoms with Gasteiger partial charge in [-0.15, -0.1) is 0 Å². The van der Waals surface area contributed by atoms with Crippen LogP contribution in [0.3, 0.4) is 0 Å². The van der Waals surface area contributed by atoms with Crippen LogP contribution in [-0.2, 0) is 4.79 Å². The van der Waals surface area contributed by atoms with Gasteiger partial charge in [0.2, 0.25) is 6.20 Å².